The number of carboxylic acid groups (broad SMARTS) is 1. The molecule has 0 aliphatic carbocycles. The van der Waals surface area contributed by atoms with Gasteiger partial charge in [0.15, 0.2) is 12.4 Å². The Morgan fingerprint density at radius 3 is 2.38 bits per heavy atom. The fourth-order valence-electron chi connectivity index (χ4n) is 1.93. The summed E-state index contributed by atoms with van der Waals surface area (Å²) in [6, 6.07) is 8.47. The van der Waals surface area contributed by atoms with E-state index in [-0.39, 0.29) is 33.9 Å². The Bertz CT molecular complexity index is 818. The molecule has 0 bridgehead atoms. The minimum absolute atomic E-state index is 0.0428. The van der Waals surface area contributed by atoms with Crippen molar-refractivity contribution < 1.29 is 23.8 Å². The van der Waals surface area contributed by atoms with Crippen LogP contribution in [0.3, 0.4) is 0 Å². The lowest BCUT2D eigenvalue weighted by molar-refractivity contribution is -0.139. The van der Waals surface area contributed by atoms with E-state index in [9.17, 15) is 14.0 Å². The maximum Gasteiger partial charge on any atom is 0.341 e. The van der Waals surface area contributed by atoms with Gasteiger partial charge in [-0.15, -0.1) is 0 Å². The molecule has 136 valence electrons. The molecule has 0 aromatic heterocycles. The van der Waals surface area contributed by atoms with Crippen LogP contribution in [0, 0.1) is 5.82 Å². The number of ether oxygens (including phenoxy) is 1. The van der Waals surface area contributed by atoms with Gasteiger partial charge in [0, 0.05) is 0 Å². The molecule has 0 heterocycles. The Morgan fingerprint density at radius 2 is 1.81 bits per heavy atom. The molecule has 0 atom stereocenters. The zero-order valence-electron chi connectivity index (χ0n) is 13.2. The fourth-order valence-corrected chi connectivity index (χ4v) is 2.54. The van der Waals surface area contributed by atoms with E-state index < -0.39 is 12.6 Å². The molecule has 0 unspecified atom stereocenters. The summed E-state index contributed by atoms with van der Waals surface area (Å²) in [4.78, 5) is 22.3. The van der Waals surface area contributed by atoms with Gasteiger partial charge in [-0.2, -0.15) is 5.10 Å². The van der Waals surface area contributed by atoms with Crippen molar-refractivity contribution >= 4 is 41.3 Å². The number of nitrogens with zero attached hydrogens (tertiary/aromatic N) is 1. The lowest BCUT2D eigenvalue weighted by Gasteiger charge is -2.08. The van der Waals surface area contributed by atoms with Gasteiger partial charge >= 0.3 is 5.97 Å². The third-order valence-electron chi connectivity index (χ3n) is 3.04. The van der Waals surface area contributed by atoms with Gasteiger partial charge in [0.25, 0.3) is 0 Å². The number of amides is 1. The minimum atomic E-state index is -1.16. The molecule has 0 aliphatic heterocycles. The molecule has 0 saturated carbocycles. The van der Waals surface area contributed by atoms with Crippen LogP contribution in [-0.4, -0.2) is 29.8 Å². The standard InChI is InChI=1S/C17H13Cl2FN2O4/c18-13-5-11(6-14(19)17(13)26-9-16(24)25)8-21-22-15(23)7-10-1-3-12(20)4-2-10/h1-6,8H,7,9H2,(H,22,23)(H,24,25)/b21-8+. The maximum absolute atomic E-state index is 12.8. The molecule has 26 heavy (non-hydrogen) atoms. The molecule has 6 nitrogen and oxygen atoms in total. The molecule has 1 amide bonds. The number of halogens is 3. The second kappa shape index (κ2) is 9.17. The van der Waals surface area contributed by atoms with Crippen LogP contribution in [-0.2, 0) is 16.0 Å². The largest absolute Gasteiger partial charge is 0.479 e. The monoisotopic (exact) mass is 398 g/mol. The second-order valence-electron chi connectivity index (χ2n) is 5.09. The smallest absolute Gasteiger partial charge is 0.341 e. The van der Waals surface area contributed by atoms with E-state index in [1.165, 1.54) is 42.6 Å². The van der Waals surface area contributed by atoms with Crippen LogP contribution in [0.15, 0.2) is 41.5 Å². The molecule has 9 heteroatoms. The number of carboxylic acids is 1. The van der Waals surface area contributed by atoms with E-state index in [2.05, 4.69) is 10.5 Å². The molecule has 2 aromatic carbocycles. The van der Waals surface area contributed by atoms with E-state index in [4.69, 9.17) is 33.0 Å². The highest BCUT2D eigenvalue weighted by molar-refractivity contribution is 6.37. The van der Waals surface area contributed by atoms with Crippen molar-refractivity contribution in [2.45, 2.75) is 6.42 Å². The highest BCUT2D eigenvalue weighted by Gasteiger charge is 2.11. The zero-order valence-corrected chi connectivity index (χ0v) is 14.7. The van der Waals surface area contributed by atoms with E-state index in [1.54, 1.807) is 0 Å². The molecule has 2 aromatic rings. The molecule has 0 fully saturated rings. The van der Waals surface area contributed by atoms with E-state index >= 15 is 0 Å². The molecule has 2 N–H and O–H groups in total. The van der Waals surface area contributed by atoms with E-state index in [1.807, 2.05) is 0 Å². The van der Waals surface area contributed by atoms with Gasteiger partial charge in [-0.25, -0.2) is 14.6 Å². The lowest BCUT2D eigenvalue weighted by atomic mass is 10.1. The third kappa shape index (κ3) is 6.02. The SMILES string of the molecule is O=C(O)COc1c(Cl)cc(/C=N/NC(=O)Cc2ccc(F)cc2)cc1Cl. The molecular weight excluding hydrogens is 386 g/mol. The number of hydrazone groups is 1. The number of rotatable bonds is 7. The number of hydrogen-bond acceptors (Lipinski definition) is 4. The summed E-state index contributed by atoms with van der Waals surface area (Å²) in [6.45, 7) is -0.577. The molecule has 0 saturated heterocycles. The Labute approximate surface area is 158 Å². The Morgan fingerprint density at radius 1 is 1.19 bits per heavy atom. The van der Waals surface area contributed by atoms with Gasteiger partial charge in [0.1, 0.15) is 5.82 Å². The van der Waals surface area contributed by atoms with E-state index in [0.29, 0.717) is 11.1 Å². The topological polar surface area (TPSA) is 88.0 Å². The Hall–Kier alpha value is -2.64. The number of benzene rings is 2. The number of carbonyl (C=O) groups is 2. The van der Waals surface area contributed by atoms with Crippen LogP contribution in [0.1, 0.15) is 11.1 Å². The van der Waals surface area contributed by atoms with Crippen LogP contribution in [0.5, 0.6) is 5.75 Å². The van der Waals surface area contributed by atoms with Crippen molar-refractivity contribution in [1.82, 2.24) is 5.43 Å². The first-order chi connectivity index (χ1) is 12.3. The summed E-state index contributed by atoms with van der Waals surface area (Å²) in [6.07, 6.45) is 1.36. The minimum Gasteiger partial charge on any atom is -0.479 e. The van der Waals surface area contributed by atoms with Crippen molar-refractivity contribution in [3.8, 4) is 5.75 Å². The predicted molar refractivity (Wildman–Crippen MR) is 95.4 cm³/mol. The molecule has 2 rings (SSSR count). The summed E-state index contributed by atoms with van der Waals surface area (Å²) in [5.74, 6) is -1.87. The Kier molecular flexibility index (Phi) is 6.94. The first-order valence-corrected chi connectivity index (χ1v) is 8.00. The van der Waals surface area contributed by atoms with Gasteiger partial charge < -0.3 is 9.84 Å². The lowest BCUT2D eigenvalue weighted by Crippen LogP contribution is -2.19. The van der Waals surface area contributed by atoms with Crippen molar-refractivity contribution in [2.24, 2.45) is 5.10 Å². The third-order valence-corrected chi connectivity index (χ3v) is 3.60. The average molecular weight is 399 g/mol. The summed E-state index contributed by atoms with van der Waals surface area (Å²) in [5, 5.41) is 12.6. The van der Waals surface area contributed by atoms with Crippen molar-refractivity contribution in [2.75, 3.05) is 6.61 Å². The van der Waals surface area contributed by atoms with Crippen LogP contribution in [0.2, 0.25) is 10.0 Å². The number of carbonyl (C=O) groups excluding carboxylic acids is 1. The number of nitrogens with one attached hydrogen (secondary N) is 1. The maximum atomic E-state index is 12.8. The number of aliphatic carboxylic acids is 1. The highest BCUT2D eigenvalue weighted by Crippen LogP contribution is 2.33. The van der Waals surface area contributed by atoms with Crippen LogP contribution in [0.4, 0.5) is 4.39 Å². The van der Waals surface area contributed by atoms with Gasteiger partial charge in [0.05, 0.1) is 22.7 Å². The van der Waals surface area contributed by atoms with Crippen molar-refractivity contribution in [1.29, 1.82) is 0 Å². The quantitative estimate of drug-likeness (QED) is 0.553. The summed E-state index contributed by atoms with van der Waals surface area (Å²) >= 11 is 12.0. The van der Waals surface area contributed by atoms with Gasteiger partial charge in [-0.3, -0.25) is 4.79 Å². The predicted octanol–water partition coefficient (Wildman–Crippen LogP) is 3.29. The first-order valence-electron chi connectivity index (χ1n) is 7.25. The van der Waals surface area contributed by atoms with Crippen LogP contribution >= 0.6 is 23.2 Å². The molecule has 0 aliphatic rings. The summed E-state index contributed by atoms with van der Waals surface area (Å²) in [5.41, 5.74) is 3.45. The zero-order chi connectivity index (χ0) is 19.1. The summed E-state index contributed by atoms with van der Waals surface area (Å²) in [7, 11) is 0. The molecule has 0 spiro atoms. The van der Waals surface area contributed by atoms with Crippen LogP contribution in [0.25, 0.3) is 0 Å². The highest BCUT2D eigenvalue weighted by atomic mass is 35.5. The average Bonchev–Trinajstić information content (AvgIpc) is 2.56. The molecular formula is C17H13Cl2FN2O4. The molecule has 0 radical (unpaired) electrons. The Balaban J connectivity index is 1.96. The first kappa shape index (κ1) is 19.7. The summed E-state index contributed by atoms with van der Waals surface area (Å²) < 4.78 is 17.8. The van der Waals surface area contributed by atoms with Crippen molar-refractivity contribution in [3.63, 3.8) is 0 Å². The second-order valence-corrected chi connectivity index (χ2v) is 5.91. The van der Waals surface area contributed by atoms with E-state index in [0.717, 1.165) is 0 Å². The van der Waals surface area contributed by atoms with Gasteiger partial charge in [-0.1, -0.05) is 35.3 Å². The van der Waals surface area contributed by atoms with Crippen molar-refractivity contribution in [3.05, 3.63) is 63.4 Å². The normalized spacial score (nSPS) is 10.7. The van der Waals surface area contributed by atoms with Gasteiger partial charge in [-0.05, 0) is 35.4 Å². The fraction of sp³-hybridized carbons (Fsp3) is 0.118. The number of hydrogen-bond donors (Lipinski definition) is 2. The van der Waals surface area contributed by atoms with Crippen LogP contribution < -0.4 is 10.2 Å². The van der Waals surface area contributed by atoms with Gasteiger partial charge in [0.2, 0.25) is 5.91 Å².